The number of ether oxygens (including phenoxy) is 1. The van der Waals surface area contributed by atoms with Crippen molar-refractivity contribution in [2.75, 3.05) is 33.4 Å². The highest BCUT2D eigenvalue weighted by Gasteiger charge is 2.46. The van der Waals surface area contributed by atoms with Crippen molar-refractivity contribution in [2.45, 2.75) is 64.6 Å². The van der Waals surface area contributed by atoms with Crippen molar-refractivity contribution in [1.82, 2.24) is 19.8 Å². The molecule has 0 unspecified atom stereocenters. The predicted molar refractivity (Wildman–Crippen MR) is 138 cm³/mol. The molecular formula is C24H40Cl2N4O3. The zero-order valence-corrected chi connectivity index (χ0v) is 21.9. The van der Waals surface area contributed by atoms with E-state index in [4.69, 9.17) is 9.72 Å². The Kier molecular flexibility index (Phi) is 12.1. The monoisotopic (exact) mass is 502 g/mol. The van der Waals surface area contributed by atoms with Gasteiger partial charge in [-0.25, -0.2) is 4.98 Å². The molecule has 0 aliphatic carbocycles. The zero-order chi connectivity index (χ0) is 22.4. The Balaban J connectivity index is 0.00000272. The van der Waals surface area contributed by atoms with Crippen LogP contribution in [0.1, 0.15) is 57.1 Å². The lowest BCUT2D eigenvalue weighted by atomic mass is 9.82. The normalized spacial score (nSPS) is 19.1. The van der Waals surface area contributed by atoms with Crippen LogP contribution >= 0.6 is 24.8 Å². The summed E-state index contributed by atoms with van der Waals surface area (Å²) in [6.45, 7) is 9.53. The third-order valence-electron chi connectivity index (χ3n) is 6.33. The van der Waals surface area contributed by atoms with E-state index in [1.807, 2.05) is 33.7 Å². The first kappa shape index (κ1) is 29.7. The number of aliphatic hydroxyl groups excluding tert-OH is 1. The van der Waals surface area contributed by atoms with Crippen LogP contribution in [-0.2, 0) is 11.3 Å². The van der Waals surface area contributed by atoms with E-state index in [-0.39, 0.29) is 36.6 Å². The van der Waals surface area contributed by atoms with Crippen LogP contribution in [-0.4, -0.2) is 70.5 Å². The molecule has 7 nitrogen and oxygen atoms in total. The maximum Gasteiger partial charge on any atom is 0.290 e. The number of piperidine rings is 1. The molecule has 2 heterocycles. The van der Waals surface area contributed by atoms with Crippen LogP contribution in [0.2, 0.25) is 0 Å². The van der Waals surface area contributed by atoms with Gasteiger partial charge in [-0.05, 0) is 57.2 Å². The summed E-state index contributed by atoms with van der Waals surface area (Å²) >= 11 is 0. The van der Waals surface area contributed by atoms with Gasteiger partial charge in [-0.3, -0.25) is 4.79 Å². The number of para-hydroxylation sites is 2. The van der Waals surface area contributed by atoms with Gasteiger partial charge >= 0.3 is 0 Å². The summed E-state index contributed by atoms with van der Waals surface area (Å²) in [4.78, 5) is 20.7. The number of amides is 1. The summed E-state index contributed by atoms with van der Waals surface area (Å²) < 4.78 is 7.24. The molecular weight excluding hydrogens is 463 g/mol. The minimum Gasteiger partial charge on any atom is -0.391 e. The molecule has 2 aromatic rings. The molecule has 1 amide bonds. The molecule has 0 radical (unpaired) electrons. The predicted octanol–water partition coefficient (Wildman–Crippen LogP) is 3.91. The van der Waals surface area contributed by atoms with Crippen molar-refractivity contribution in [3.8, 4) is 0 Å². The van der Waals surface area contributed by atoms with Gasteiger partial charge < -0.3 is 24.6 Å². The van der Waals surface area contributed by atoms with Gasteiger partial charge in [-0.1, -0.05) is 26.0 Å². The van der Waals surface area contributed by atoms with Crippen LogP contribution < -0.4 is 5.32 Å². The van der Waals surface area contributed by atoms with E-state index in [9.17, 15) is 9.90 Å². The lowest BCUT2D eigenvalue weighted by molar-refractivity contribution is -0.0317. The van der Waals surface area contributed by atoms with Gasteiger partial charge in [0, 0.05) is 33.4 Å². The Hall–Kier alpha value is -1.38. The molecule has 1 aromatic carbocycles. The SMILES string of the molecule is COCCCCn1c(C(=O)N(CC(C)C)[C@]2([C@H](C)O)CCCNC2)nc2ccccc21.Cl.Cl. The van der Waals surface area contributed by atoms with E-state index in [0.29, 0.717) is 32.1 Å². The van der Waals surface area contributed by atoms with Crippen LogP contribution in [0.4, 0.5) is 0 Å². The molecule has 33 heavy (non-hydrogen) atoms. The van der Waals surface area contributed by atoms with Crippen molar-refractivity contribution >= 4 is 41.8 Å². The lowest BCUT2D eigenvalue weighted by Crippen LogP contribution is -2.65. The smallest absolute Gasteiger partial charge is 0.290 e. The van der Waals surface area contributed by atoms with Crippen molar-refractivity contribution in [2.24, 2.45) is 5.92 Å². The standard InChI is InChI=1S/C24H38N4O3.2ClH/c1-18(2)16-28(24(19(3)29)12-9-13-25-17-24)23(30)22-26-20-10-5-6-11-21(20)27(22)14-7-8-15-31-4;;/h5-6,10-11,18-19,25,29H,7-9,12-17H2,1-4H3;2*1H/t19-,24+;;/m0../s1. The van der Waals surface area contributed by atoms with Gasteiger partial charge in [-0.15, -0.1) is 24.8 Å². The number of fused-ring (bicyclic) bond motifs is 1. The van der Waals surface area contributed by atoms with Gasteiger partial charge in [0.25, 0.3) is 5.91 Å². The number of hydrogen-bond donors (Lipinski definition) is 2. The molecule has 2 N–H and O–H groups in total. The Labute approximate surface area is 210 Å². The number of aromatic nitrogens is 2. The van der Waals surface area contributed by atoms with E-state index >= 15 is 0 Å². The number of carbonyl (C=O) groups is 1. The molecule has 9 heteroatoms. The van der Waals surface area contributed by atoms with Crippen molar-refractivity contribution in [3.05, 3.63) is 30.1 Å². The summed E-state index contributed by atoms with van der Waals surface area (Å²) in [6.07, 6.45) is 2.91. The summed E-state index contributed by atoms with van der Waals surface area (Å²) in [5, 5.41) is 14.3. The number of benzene rings is 1. The van der Waals surface area contributed by atoms with Crippen LogP contribution in [0.25, 0.3) is 11.0 Å². The second-order valence-electron chi connectivity index (χ2n) is 9.15. The fourth-order valence-corrected chi connectivity index (χ4v) is 4.66. The summed E-state index contributed by atoms with van der Waals surface area (Å²) in [5.41, 5.74) is 1.18. The largest absolute Gasteiger partial charge is 0.391 e. The van der Waals surface area contributed by atoms with E-state index in [1.54, 1.807) is 14.0 Å². The van der Waals surface area contributed by atoms with E-state index < -0.39 is 11.6 Å². The number of nitrogens with zero attached hydrogens (tertiary/aromatic N) is 3. The number of methoxy groups -OCH3 is 1. The number of rotatable bonds is 10. The molecule has 1 aliphatic heterocycles. The fourth-order valence-electron chi connectivity index (χ4n) is 4.66. The van der Waals surface area contributed by atoms with Crippen LogP contribution in [0.3, 0.4) is 0 Å². The van der Waals surface area contributed by atoms with Gasteiger partial charge in [0.1, 0.15) is 0 Å². The van der Waals surface area contributed by atoms with Gasteiger partial charge in [0.15, 0.2) is 5.82 Å². The maximum absolute atomic E-state index is 14.0. The summed E-state index contributed by atoms with van der Waals surface area (Å²) in [5.74, 6) is 0.645. The first-order valence-corrected chi connectivity index (χ1v) is 11.6. The van der Waals surface area contributed by atoms with Crippen molar-refractivity contribution in [3.63, 3.8) is 0 Å². The lowest BCUT2D eigenvalue weighted by Gasteiger charge is -2.49. The van der Waals surface area contributed by atoms with Crippen LogP contribution in [0.5, 0.6) is 0 Å². The molecule has 1 saturated heterocycles. The zero-order valence-electron chi connectivity index (χ0n) is 20.2. The first-order valence-electron chi connectivity index (χ1n) is 11.6. The molecule has 0 saturated carbocycles. The Bertz CT molecular complexity index is 867. The summed E-state index contributed by atoms with van der Waals surface area (Å²) in [7, 11) is 1.71. The molecule has 2 atom stereocenters. The summed E-state index contributed by atoms with van der Waals surface area (Å²) in [6, 6.07) is 7.91. The number of unbranched alkanes of at least 4 members (excludes halogenated alkanes) is 1. The Morgan fingerprint density at radius 2 is 2.00 bits per heavy atom. The first-order chi connectivity index (χ1) is 14.9. The molecule has 0 bridgehead atoms. The minimum atomic E-state index is -0.637. The van der Waals surface area contributed by atoms with Crippen molar-refractivity contribution < 1.29 is 14.6 Å². The van der Waals surface area contributed by atoms with E-state index in [2.05, 4.69) is 19.2 Å². The average molecular weight is 504 g/mol. The highest BCUT2D eigenvalue weighted by atomic mass is 35.5. The highest BCUT2D eigenvalue weighted by Crippen LogP contribution is 2.31. The Morgan fingerprint density at radius 1 is 1.27 bits per heavy atom. The third kappa shape index (κ3) is 6.61. The maximum atomic E-state index is 14.0. The van der Waals surface area contributed by atoms with Crippen LogP contribution in [0, 0.1) is 5.92 Å². The quantitative estimate of drug-likeness (QED) is 0.481. The Morgan fingerprint density at radius 3 is 2.61 bits per heavy atom. The molecule has 188 valence electrons. The van der Waals surface area contributed by atoms with Crippen LogP contribution in [0.15, 0.2) is 24.3 Å². The molecule has 3 rings (SSSR count). The second-order valence-corrected chi connectivity index (χ2v) is 9.15. The van der Waals surface area contributed by atoms with Gasteiger partial charge in [0.2, 0.25) is 0 Å². The van der Waals surface area contributed by atoms with Gasteiger partial charge in [-0.2, -0.15) is 0 Å². The van der Waals surface area contributed by atoms with Crippen molar-refractivity contribution in [1.29, 1.82) is 0 Å². The number of aryl methyl sites for hydroxylation is 1. The number of imidazole rings is 1. The minimum absolute atomic E-state index is 0. The van der Waals surface area contributed by atoms with E-state index in [1.165, 1.54) is 0 Å². The molecule has 1 aliphatic rings. The third-order valence-corrected chi connectivity index (χ3v) is 6.33. The van der Waals surface area contributed by atoms with Gasteiger partial charge in [0.05, 0.1) is 22.7 Å². The molecule has 1 aromatic heterocycles. The molecule has 1 fully saturated rings. The second kappa shape index (κ2) is 13.5. The number of nitrogens with one attached hydrogen (secondary N) is 1. The fraction of sp³-hybridized carbons (Fsp3) is 0.667. The van der Waals surface area contributed by atoms with E-state index in [0.717, 1.165) is 43.3 Å². The number of hydrogen-bond acceptors (Lipinski definition) is 5. The molecule has 0 spiro atoms. The topological polar surface area (TPSA) is 79.6 Å². The number of aliphatic hydroxyl groups is 1. The highest BCUT2D eigenvalue weighted by molar-refractivity contribution is 5.95. The number of halogens is 2. The average Bonchev–Trinajstić information content (AvgIpc) is 3.13. The number of carbonyl (C=O) groups excluding carboxylic acids is 1.